The predicted octanol–water partition coefficient (Wildman–Crippen LogP) is -1.85. The fourth-order valence-corrected chi connectivity index (χ4v) is 2.37. The van der Waals surface area contributed by atoms with Crippen molar-refractivity contribution < 1.29 is 24.9 Å². The van der Waals surface area contributed by atoms with Crippen molar-refractivity contribution in [2.75, 3.05) is 25.1 Å². The third-order valence-corrected chi connectivity index (χ3v) is 3.84. The number of aromatic nitrogens is 4. The van der Waals surface area contributed by atoms with E-state index in [-0.39, 0.29) is 0 Å². The number of fused-ring (bicyclic) bond motifs is 1. The molecule has 3 rings (SSSR count). The van der Waals surface area contributed by atoms with Gasteiger partial charge in [-0.05, 0) is 6.92 Å². The van der Waals surface area contributed by atoms with Crippen LogP contribution in [0.3, 0.4) is 0 Å². The molecule has 126 valence electrons. The van der Waals surface area contributed by atoms with E-state index in [1.807, 2.05) is 18.9 Å². The van der Waals surface area contributed by atoms with Crippen LogP contribution in [-0.2, 0) is 4.74 Å². The molecule has 1 aliphatic rings. The minimum atomic E-state index is -1.29. The lowest BCUT2D eigenvalue weighted by Crippen LogP contribution is -2.38. The van der Waals surface area contributed by atoms with E-state index in [1.54, 1.807) is 0 Å². The Morgan fingerprint density at radius 3 is 2.74 bits per heavy atom. The first-order valence-corrected chi connectivity index (χ1v) is 7.25. The van der Waals surface area contributed by atoms with Crippen molar-refractivity contribution in [1.29, 1.82) is 0 Å². The molecule has 0 aromatic carbocycles. The smallest absolute Gasteiger partial charge is 0.254 e. The van der Waals surface area contributed by atoms with Crippen molar-refractivity contribution in [3.8, 4) is 0 Å². The lowest BCUT2D eigenvalue weighted by molar-refractivity contribution is -0.169. The molecule has 0 aliphatic carbocycles. The Morgan fingerprint density at radius 2 is 2.09 bits per heavy atom. The van der Waals surface area contributed by atoms with Crippen molar-refractivity contribution in [3.63, 3.8) is 0 Å². The van der Waals surface area contributed by atoms with E-state index in [4.69, 9.17) is 14.7 Å². The average Bonchev–Trinajstić information content (AvgIpc) is 3.10. The summed E-state index contributed by atoms with van der Waals surface area (Å²) >= 11 is 0. The van der Waals surface area contributed by atoms with Crippen LogP contribution in [0.15, 0.2) is 12.7 Å². The maximum Gasteiger partial charge on any atom is 0.254 e. The largest absolute Gasteiger partial charge is 0.394 e. The van der Waals surface area contributed by atoms with Gasteiger partial charge in [0.15, 0.2) is 11.3 Å². The molecule has 1 aliphatic heterocycles. The van der Waals surface area contributed by atoms with Gasteiger partial charge in [-0.3, -0.25) is 0 Å². The topological polar surface area (TPSA) is 126 Å². The predicted molar refractivity (Wildman–Crippen MR) is 78.6 cm³/mol. The Hall–Kier alpha value is -2.01. The van der Waals surface area contributed by atoms with Gasteiger partial charge < -0.3 is 29.8 Å². The summed E-state index contributed by atoms with van der Waals surface area (Å²) in [7, 11) is 1.88. The van der Waals surface area contributed by atoms with E-state index in [0.29, 0.717) is 17.0 Å². The van der Waals surface area contributed by atoms with Crippen LogP contribution >= 0.6 is 0 Å². The molecule has 0 unspecified atom stereocenters. The van der Waals surface area contributed by atoms with Crippen LogP contribution in [-0.4, -0.2) is 79.8 Å². The molecule has 10 heteroatoms. The summed E-state index contributed by atoms with van der Waals surface area (Å²) in [5.74, 6) is 0.654. The molecule has 2 aromatic heterocycles. The Kier molecular flexibility index (Phi) is 4.31. The third-order valence-electron chi connectivity index (χ3n) is 3.84. The van der Waals surface area contributed by atoms with Crippen LogP contribution in [0.25, 0.3) is 11.2 Å². The lowest BCUT2D eigenvalue weighted by atomic mass is 10.1. The van der Waals surface area contributed by atoms with Crippen LogP contribution in [0.4, 0.5) is 5.82 Å². The van der Waals surface area contributed by atoms with Crippen LogP contribution in [0.1, 0.15) is 6.92 Å². The zero-order valence-electron chi connectivity index (χ0n) is 12.8. The van der Waals surface area contributed by atoms with Crippen molar-refractivity contribution in [1.82, 2.24) is 19.7 Å². The molecule has 3 heterocycles. The van der Waals surface area contributed by atoms with Gasteiger partial charge >= 0.3 is 0 Å². The van der Waals surface area contributed by atoms with Crippen LogP contribution < -0.4 is 9.74 Å². The fourth-order valence-electron chi connectivity index (χ4n) is 2.37. The number of hydrogen-bond acceptors (Lipinski definition) is 9. The minimum absolute atomic E-state index is 0.410. The van der Waals surface area contributed by atoms with E-state index < -0.39 is 31.2 Å². The lowest BCUT2D eigenvalue weighted by Gasteiger charge is -2.17. The number of rotatable bonds is 5. The second kappa shape index (κ2) is 6.24. The Labute approximate surface area is 131 Å². The number of hydrogen-bond donors (Lipinski definition) is 3. The van der Waals surface area contributed by atoms with Gasteiger partial charge in [-0.15, -0.1) is 4.73 Å². The molecule has 0 radical (unpaired) electrons. The zero-order chi connectivity index (χ0) is 16.6. The Morgan fingerprint density at radius 1 is 1.30 bits per heavy atom. The SMILES string of the molecule is CCN(C)c1ncnc2c1ncn2O[C@@H]1O[C@H](CO)[C@@H](O)[C@@H]1O. The molecule has 0 bridgehead atoms. The number of imidazole rings is 1. The normalized spacial score (nSPS) is 27.5. The molecular formula is C13H19N5O5. The Balaban J connectivity index is 1.87. The summed E-state index contributed by atoms with van der Waals surface area (Å²) in [6.45, 7) is 2.31. The molecular weight excluding hydrogens is 306 g/mol. The highest BCUT2D eigenvalue weighted by Crippen LogP contribution is 2.23. The molecule has 2 aromatic rings. The number of ether oxygens (including phenoxy) is 1. The van der Waals surface area contributed by atoms with Gasteiger partial charge in [0.2, 0.25) is 5.65 Å². The second-order valence-corrected chi connectivity index (χ2v) is 5.27. The summed E-state index contributed by atoms with van der Waals surface area (Å²) in [6.07, 6.45) is -1.77. The first-order valence-electron chi connectivity index (χ1n) is 7.25. The van der Waals surface area contributed by atoms with E-state index in [2.05, 4.69) is 15.0 Å². The monoisotopic (exact) mass is 325 g/mol. The van der Waals surface area contributed by atoms with Gasteiger partial charge in [-0.2, -0.15) is 0 Å². The van der Waals surface area contributed by atoms with Gasteiger partial charge in [0.25, 0.3) is 6.29 Å². The van der Waals surface area contributed by atoms with Crippen LogP contribution in [0.5, 0.6) is 0 Å². The fraction of sp³-hybridized carbons (Fsp3) is 0.615. The van der Waals surface area contributed by atoms with Gasteiger partial charge in [-0.1, -0.05) is 0 Å². The van der Waals surface area contributed by atoms with E-state index in [1.165, 1.54) is 17.4 Å². The van der Waals surface area contributed by atoms with Crippen molar-refractivity contribution in [2.45, 2.75) is 31.5 Å². The number of aliphatic hydroxyl groups excluding tert-OH is 3. The second-order valence-electron chi connectivity index (χ2n) is 5.27. The molecule has 0 amide bonds. The van der Waals surface area contributed by atoms with E-state index in [9.17, 15) is 10.2 Å². The van der Waals surface area contributed by atoms with E-state index >= 15 is 0 Å². The molecule has 10 nitrogen and oxygen atoms in total. The summed E-state index contributed by atoms with van der Waals surface area (Å²) in [4.78, 5) is 20.0. The maximum absolute atomic E-state index is 9.92. The zero-order valence-corrected chi connectivity index (χ0v) is 12.8. The first kappa shape index (κ1) is 15.9. The van der Waals surface area contributed by atoms with Gasteiger partial charge in [-0.25, -0.2) is 15.0 Å². The highest BCUT2D eigenvalue weighted by Gasteiger charge is 2.44. The standard InChI is InChI=1S/C13H19N5O5/c1-3-17(2)11-8-12(15-5-14-11)18(6-16-8)23-13-10(21)9(20)7(4-19)22-13/h5-7,9-10,13,19-21H,3-4H2,1-2H3/t7-,9-,10+,13+/m1/s1. The Bertz CT molecular complexity index is 680. The summed E-state index contributed by atoms with van der Waals surface area (Å²) in [5.41, 5.74) is 0.955. The highest BCUT2D eigenvalue weighted by atomic mass is 16.8. The highest BCUT2D eigenvalue weighted by molar-refractivity contribution is 5.82. The molecule has 1 saturated heterocycles. The number of nitrogens with zero attached hydrogens (tertiary/aromatic N) is 5. The number of anilines is 1. The number of aliphatic hydroxyl groups is 3. The van der Waals surface area contributed by atoms with E-state index in [0.717, 1.165) is 6.54 Å². The maximum atomic E-state index is 9.92. The molecule has 4 atom stereocenters. The third kappa shape index (κ3) is 2.70. The van der Waals surface area contributed by atoms with Crippen LogP contribution in [0, 0.1) is 0 Å². The van der Waals surface area contributed by atoms with Gasteiger partial charge in [0, 0.05) is 13.6 Å². The minimum Gasteiger partial charge on any atom is -0.394 e. The van der Waals surface area contributed by atoms with Crippen LogP contribution in [0.2, 0.25) is 0 Å². The summed E-state index contributed by atoms with van der Waals surface area (Å²) in [6, 6.07) is 0. The van der Waals surface area contributed by atoms with Crippen molar-refractivity contribution in [2.24, 2.45) is 0 Å². The molecule has 0 saturated carbocycles. The molecule has 3 N–H and O–H groups in total. The summed E-state index contributed by atoms with van der Waals surface area (Å²) < 4.78 is 6.54. The average molecular weight is 325 g/mol. The molecule has 0 spiro atoms. The first-order chi connectivity index (χ1) is 11.1. The van der Waals surface area contributed by atoms with Gasteiger partial charge in [0.1, 0.15) is 31.0 Å². The quantitative estimate of drug-likeness (QED) is 0.580. The van der Waals surface area contributed by atoms with Crippen molar-refractivity contribution >= 4 is 17.0 Å². The molecule has 23 heavy (non-hydrogen) atoms. The summed E-state index contributed by atoms with van der Waals surface area (Å²) in [5, 5.41) is 28.8. The van der Waals surface area contributed by atoms with Gasteiger partial charge in [0.05, 0.1) is 6.61 Å². The molecule has 1 fully saturated rings. The van der Waals surface area contributed by atoms with Crippen molar-refractivity contribution in [3.05, 3.63) is 12.7 Å².